The van der Waals surface area contributed by atoms with Crippen LogP contribution in [0, 0.1) is 0 Å². The van der Waals surface area contributed by atoms with Crippen LogP contribution in [0.1, 0.15) is 34.1 Å². The SMILES string of the molecule is COCCCNC(=O)c1ccnc(Nc2ccc(C(C)=O)cc2)c1. The van der Waals surface area contributed by atoms with Gasteiger partial charge in [-0.15, -0.1) is 0 Å². The van der Waals surface area contributed by atoms with E-state index in [0.717, 1.165) is 12.1 Å². The van der Waals surface area contributed by atoms with E-state index in [-0.39, 0.29) is 11.7 Å². The number of pyridine rings is 1. The van der Waals surface area contributed by atoms with Gasteiger partial charge in [-0.2, -0.15) is 0 Å². The molecule has 1 amide bonds. The number of ether oxygens (including phenoxy) is 1. The molecule has 2 N–H and O–H groups in total. The first-order chi connectivity index (χ1) is 11.6. The van der Waals surface area contributed by atoms with Crippen LogP contribution in [0.25, 0.3) is 0 Å². The number of ketones is 1. The number of amides is 1. The van der Waals surface area contributed by atoms with Gasteiger partial charge in [-0.1, -0.05) is 0 Å². The highest BCUT2D eigenvalue weighted by molar-refractivity contribution is 5.95. The number of methoxy groups -OCH3 is 1. The molecule has 0 aliphatic heterocycles. The first-order valence-electron chi connectivity index (χ1n) is 7.71. The lowest BCUT2D eigenvalue weighted by Crippen LogP contribution is -2.25. The lowest BCUT2D eigenvalue weighted by atomic mass is 10.1. The van der Waals surface area contributed by atoms with Crippen molar-refractivity contribution in [2.45, 2.75) is 13.3 Å². The quantitative estimate of drug-likeness (QED) is 0.576. The number of carbonyl (C=O) groups excluding carboxylic acids is 2. The van der Waals surface area contributed by atoms with Crippen LogP contribution >= 0.6 is 0 Å². The van der Waals surface area contributed by atoms with Crippen molar-refractivity contribution >= 4 is 23.2 Å². The highest BCUT2D eigenvalue weighted by atomic mass is 16.5. The topological polar surface area (TPSA) is 80.3 Å². The van der Waals surface area contributed by atoms with E-state index in [9.17, 15) is 9.59 Å². The third kappa shape index (κ3) is 5.17. The molecule has 2 rings (SSSR count). The molecule has 6 nitrogen and oxygen atoms in total. The van der Waals surface area contributed by atoms with E-state index in [0.29, 0.717) is 30.1 Å². The van der Waals surface area contributed by atoms with Crippen LogP contribution in [0.4, 0.5) is 11.5 Å². The summed E-state index contributed by atoms with van der Waals surface area (Å²) < 4.78 is 4.95. The highest BCUT2D eigenvalue weighted by Crippen LogP contribution is 2.16. The molecule has 6 heteroatoms. The Kier molecular flexibility index (Phi) is 6.45. The summed E-state index contributed by atoms with van der Waals surface area (Å²) in [5.74, 6) is 0.436. The zero-order valence-electron chi connectivity index (χ0n) is 13.8. The minimum Gasteiger partial charge on any atom is -0.385 e. The van der Waals surface area contributed by atoms with Crippen LogP contribution in [-0.2, 0) is 4.74 Å². The number of hydrogen-bond acceptors (Lipinski definition) is 5. The predicted octanol–water partition coefficient (Wildman–Crippen LogP) is 2.79. The summed E-state index contributed by atoms with van der Waals surface area (Å²) in [6.45, 7) is 2.70. The Balaban J connectivity index is 1.99. The zero-order chi connectivity index (χ0) is 17.4. The van der Waals surface area contributed by atoms with E-state index in [1.807, 2.05) is 0 Å². The molecule has 0 radical (unpaired) electrons. The summed E-state index contributed by atoms with van der Waals surface area (Å²) in [4.78, 5) is 27.6. The molecule has 1 heterocycles. The standard InChI is InChI=1S/C18H21N3O3/c1-13(22)14-4-6-16(7-5-14)21-17-12-15(8-10-19-17)18(23)20-9-3-11-24-2/h4-8,10,12H,3,9,11H2,1-2H3,(H,19,21)(H,20,23). The van der Waals surface area contributed by atoms with Gasteiger partial charge in [0.25, 0.3) is 5.91 Å². The summed E-state index contributed by atoms with van der Waals surface area (Å²) in [5.41, 5.74) is 1.98. The van der Waals surface area contributed by atoms with E-state index in [2.05, 4.69) is 15.6 Å². The molecule has 0 bridgehead atoms. The maximum absolute atomic E-state index is 12.1. The van der Waals surface area contributed by atoms with E-state index in [1.165, 1.54) is 6.92 Å². The minimum atomic E-state index is -0.150. The van der Waals surface area contributed by atoms with Crippen LogP contribution in [-0.4, -0.2) is 36.9 Å². The molecule has 0 unspecified atom stereocenters. The Labute approximate surface area is 141 Å². The van der Waals surface area contributed by atoms with Crippen LogP contribution in [0.2, 0.25) is 0 Å². The Morgan fingerprint density at radius 2 is 1.88 bits per heavy atom. The van der Waals surface area contributed by atoms with Gasteiger partial charge in [-0.05, 0) is 49.7 Å². The fraction of sp³-hybridized carbons (Fsp3) is 0.278. The monoisotopic (exact) mass is 327 g/mol. The van der Waals surface area contributed by atoms with Gasteiger partial charge < -0.3 is 15.4 Å². The number of carbonyl (C=O) groups is 2. The maximum Gasteiger partial charge on any atom is 0.251 e. The molecule has 0 atom stereocenters. The summed E-state index contributed by atoms with van der Waals surface area (Å²) in [6, 6.07) is 10.4. The van der Waals surface area contributed by atoms with Gasteiger partial charge in [0.1, 0.15) is 5.82 Å². The number of hydrogen-bond donors (Lipinski definition) is 2. The Morgan fingerprint density at radius 3 is 2.54 bits per heavy atom. The van der Waals surface area contributed by atoms with Gasteiger partial charge in [-0.25, -0.2) is 4.98 Å². The van der Waals surface area contributed by atoms with Crippen molar-refractivity contribution in [1.29, 1.82) is 0 Å². The average molecular weight is 327 g/mol. The van der Waals surface area contributed by atoms with Gasteiger partial charge in [0.15, 0.2) is 5.78 Å². The summed E-state index contributed by atoms with van der Waals surface area (Å²) in [7, 11) is 1.63. The number of nitrogens with zero attached hydrogens (tertiary/aromatic N) is 1. The maximum atomic E-state index is 12.1. The van der Waals surface area contributed by atoms with E-state index in [4.69, 9.17) is 4.74 Å². The van der Waals surface area contributed by atoms with E-state index >= 15 is 0 Å². The van der Waals surface area contributed by atoms with Gasteiger partial charge in [0.05, 0.1) is 0 Å². The number of benzene rings is 1. The molecule has 1 aromatic carbocycles. The number of rotatable bonds is 8. The van der Waals surface area contributed by atoms with E-state index < -0.39 is 0 Å². The van der Waals surface area contributed by atoms with Gasteiger partial charge in [-0.3, -0.25) is 9.59 Å². The summed E-state index contributed by atoms with van der Waals surface area (Å²) in [5, 5.41) is 5.95. The third-order valence-corrected chi connectivity index (χ3v) is 3.40. The Morgan fingerprint density at radius 1 is 1.12 bits per heavy atom. The zero-order valence-corrected chi connectivity index (χ0v) is 13.8. The minimum absolute atomic E-state index is 0.0202. The van der Waals surface area contributed by atoms with Crippen LogP contribution < -0.4 is 10.6 Å². The molecular formula is C18H21N3O3. The van der Waals surface area contributed by atoms with Crippen molar-refractivity contribution in [3.8, 4) is 0 Å². The highest BCUT2D eigenvalue weighted by Gasteiger charge is 2.07. The number of aromatic nitrogens is 1. The smallest absolute Gasteiger partial charge is 0.251 e. The lowest BCUT2D eigenvalue weighted by Gasteiger charge is -2.08. The molecule has 0 aliphatic rings. The second-order valence-electron chi connectivity index (χ2n) is 5.29. The molecule has 2 aromatic rings. The third-order valence-electron chi connectivity index (χ3n) is 3.40. The molecule has 24 heavy (non-hydrogen) atoms. The number of nitrogens with one attached hydrogen (secondary N) is 2. The van der Waals surface area contributed by atoms with Crippen molar-refractivity contribution in [3.05, 3.63) is 53.7 Å². The van der Waals surface area contributed by atoms with Gasteiger partial charge >= 0.3 is 0 Å². The molecule has 0 aliphatic carbocycles. The largest absolute Gasteiger partial charge is 0.385 e. The second kappa shape index (κ2) is 8.79. The summed E-state index contributed by atoms with van der Waals surface area (Å²) in [6.07, 6.45) is 2.34. The molecule has 0 saturated carbocycles. The molecule has 0 saturated heterocycles. The Hall–Kier alpha value is -2.73. The predicted molar refractivity (Wildman–Crippen MR) is 92.8 cm³/mol. The van der Waals surface area contributed by atoms with Crippen molar-refractivity contribution < 1.29 is 14.3 Å². The van der Waals surface area contributed by atoms with Crippen LogP contribution in [0.3, 0.4) is 0 Å². The Bertz CT molecular complexity index is 699. The molecule has 0 fully saturated rings. The first kappa shape index (κ1) is 17.6. The second-order valence-corrected chi connectivity index (χ2v) is 5.29. The number of Topliss-reactive ketones (excluding diaryl/α,β-unsaturated/α-hetero) is 1. The lowest BCUT2D eigenvalue weighted by molar-refractivity contribution is 0.0947. The van der Waals surface area contributed by atoms with Crippen molar-refractivity contribution in [3.63, 3.8) is 0 Å². The average Bonchev–Trinajstić information content (AvgIpc) is 2.59. The van der Waals surface area contributed by atoms with E-state index in [1.54, 1.807) is 49.7 Å². The van der Waals surface area contributed by atoms with Crippen molar-refractivity contribution in [1.82, 2.24) is 10.3 Å². The van der Waals surface area contributed by atoms with Crippen molar-refractivity contribution in [2.75, 3.05) is 25.6 Å². The first-order valence-corrected chi connectivity index (χ1v) is 7.71. The number of anilines is 2. The normalized spacial score (nSPS) is 10.2. The fourth-order valence-electron chi connectivity index (χ4n) is 2.10. The summed E-state index contributed by atoms with van der Waals surface area (Å²) >= 11 is 0. The molecule has 126 valence electrons. The van der Waals surface area contributed by atoms with Crippen molar-refractivity contribution in [2.24, 2.45) is 0 Å². The molecular weight excluding hydrogens is 306 g/mol. The molecule has 0 spiro atoms. The fourth-order valence-corrected chi connectivity index (χ4v) is 2.10. The van der Waals surface area contributed by atoms with Crippen LogP contribution in [0.15, 0.2) is 42.6 Å². The molecule has 1 aromatic heterocycles. The van der Waals surface area contributed by atoms with Gasteiger partial charge in [0.2, 0.25) is 0 Å². The van der Waals surface area contributed by atoms with Gasteiger partial charge in [0, 0.05) is 43.3 Å². The van der Waals surface area contributed by atoms with Crippen LogP contribution in [0.5, 0.6) is 0 Å².